The molecule has 17 heavy (non-hydrogen) atoms. The van der Waals surface area contributed by atoms with E-state index in [4.69, 9.17) is 6.42 Å². The number of nitrogens with one attached hydrogen (secondary N) is 1. The van der Waals surface area contributed by atoms with Gasteiger partial charge in [0.25, 0.3) is 0 Å². The zero-order chi connectivity index (χ0) is 12.1. The van der Waals surface area contributed by atoms with E-state index in [1.54, 1.807) is 0 Å². The minimum absolute atomic E-state index is 0.479. The van der Waals surface area contributed by atoms with Crippen LogP contribution in [0.2, 0.25) is 0 Å². The average molecular weight is 227 g/mol. The largest absolute Gasteiger partial charge is 0.313 e. The van der Waals surface area contributed by atoms with Crippen LogP contribution in [-0.2, 0) is 12.8 Å². The highest BCUT2D eigenvalue weighted by atomic mass is 14.9. The molecule has 1 N–H and O–H groups in total. The first kappa shape index (κ1) is 12.2. The van der Waals surface area contributed by atoms with Crippen LogP contribution < -0.4 is 5.32 Å². The Balaban J connectivity index is 2.01. The Morgan fingerprint density at radius 3 is 2.53 bits per heavy atom. The number of hydrogen-bond donors (Lipinski definition) is 1. The van der Waals surface area contributed by atoms with E-state index < -0.39 is 0 Å². The summed E-state index contributed by atoms with van der Waals surface area (Å²) in [5.41, 5.74) is 3.02. The quantitative estimate of drug-likeness (QED) is 0.763. The highest BCUT2D eigenvalue weighted by molar-refractivity contribution is 5.32. The van der Waals surface area contributed by atoms with Gasteiger partial charge in [0, 0.05) is 12.5 Å². The SMILES string of the molecule is C#CCC(NCCC)C1Cc2ccccc2C1. The number of benzene rings is 1. The Hall–Kier alpha value is -1.26. The summed E-state index contributed by atoms with van der Waals surface area (Å²) in [6.45, 7) is 3.27. The second kappa shape index (κ2) is 5.89. The van der Waals surface area contributed by atoms with Crippen LogP contribution in [0.25, 0.3) is 0 Å². The van der Waals surface area contributed by atoms with Crippen molar-refractivity contribution in [2.75, 3.05) is 6.54 Å². The van der Waals surface area contributed by atoms with E-state index in [-0.39, 0.29) is 0 Å². The van der Waals surface area contributed by atoms with E-state index in [9.17, 15) is 0 Å². The van der Waals surface area contributed by atoms with Gasteiger partial charge in [0.1, 0.15) is 0 Å². The van der Waals surface area contributed by atoms with Crippen LogP contribution >= 0.6 is 0 Å². The molecule has 1 aliphatic rings. The smallest absolute Gasteiger partial charge is 0.0243 e. The monoisotopic (exact) mass is 227 g/mol. The number of rotatable bonds is 5. The fourth-order valence-electron chi connectivity index (χ4n) is 2.74. The molecular weight excluding hydrogens is 206 g/mol. The lowest BCUT2D eigenvalue weighted by Crippen LogP contribution is -2.36. The van der Waals surface area contributed by atoms with Crippen LogP contribution in [-0.4, -0.2) is 12.6 Å². The third-order valence-electron chi connectivity index (χ3n) is 3.65. The molecule has 1 atom stereocenters. The summed E-state index contributed by atoms with van der Waals surface area (Å²) in [7, 11) is 0. The van der Waals surface area contributed by atoms with Gasteiger partial charge in [0.2, 0.25) is 0 Å². The van der Waals surface area contributed by atoms with Gasteiger partial charge in [0.05, 0.1) is 0 Å². The molecule has 0 heterocycles. The van der Waals surface area contributed by atoms with Gasteiger partial charge in [-0.25, -0.2) is 0 Å². The van der Waals surface area contributed by atoms with Crippen molar-refractivity contribution < 1.29 is 0 Å². The van der Waals surface area contributed by atoms with E-state index in [1.165, 1.54) is 30.4 Å². The summed E-state index contributed by atoms with van der Waals surface area (Å²) >= 11 is 0. The van der Waals surface area contributed by atoms with Crippen molar-refractivity contribution in [2.24, 2.45) is 5.92 Å². The molecule has 0 fully saturated rings. The first-order valence-corrected chi connectivity index (χ1v) is 6.58. The Kier molecular flexibility index (Phi) is 4.23. The second-order valence-electron chi connectivity index (χ2n) is 4.91. The Bertz CT molecular complexity index is 377. The number of hydrogen-bond acceptors (Lipinski definition) is 1. The molecular formula is C16H21N. The third kappa shape index (κ3) is 2.90. The van der Waals surface area contributed by atoms with Gasteiger partial charge >= 0.3 is 0 Å². The fraction of sp³-hybridized carbons (Fsp3) is 0.500. The predicted octanol–water partition coefficient (Wildman–Crippen LogP) is 2.79. The van der Waals surface area contributed by atoms with Gasteiger partial charge in [-0.2, -0.15) is 0 Å². The molecule has 1 heteroatoms. The van der Waals surface area contributed by atoms with Crippen LogP contribution in [0.1, 0.15) is 30.9 Å². The van der Waals surface area contributed by atoms with Gasteiger partial charge in [-0.05, 0) is 42.9 Å². The summed E-state index contributed by atoms with van der Waals surface area (Å²) in [5.74, 6) is 3.49. The maximum atomic E-state index is 5.48. The van der Waals surface area contributed by atoms with Crippen LogP contribution in [0.4, 0.5) is 0 Å². The summed E-state index contributed by atoms with van der Waals surface area (Å²) in [4.78, 5) is 0. The molecule has 0 amide bonds. The molecule has 0 spiro atoms. The average Bonchev–Trinajstić information content (AvgIpc) is 2.78. The van der Waals surface area contributed by atoms with E-state index in [2.05, 4.69) is 42.4 Å². The maximum absolute atomic E-state index is 5.48. The van der Waals surface area contributed by atoms with E-state index in [0.29, 0.717) is 12.0 Å². The Morgan fingerprint density at radius 1 is 1.35 bits per heavy atom. The molecule has 0 radical (unpaired) electrons. The molecule has 1 aliphatic carbocycles. The van der Waals surface area contributed by atoms with Gasteiger partial charge in [-0.15, -0.1) is 12.3 Å². The van der Waals surface area contributed by atoms with Crippen molar-refractivity contribution in [2.45, 2.75) is 38.6 Å². The minimum atomic E-state index is 0.479. The molecule has 1 unspecified atom stereocenters. The molecule has 0 saturated heterocycles. The van der Waals surface area contributed by atoms with Crippen LogP contribution in [0.5, 0.6) is 0 Å². The van der Waals surface area contributed by atoms with Crippen LogP contribution in [0.15, 0.2) is 24.3 Å². The van der Waals surface area contributed by atoms with Crippen molar-refractivity contribution in [3.05, 3.63) is 35.4 Å². The van der Waals surface area contributed by atoms with Gasteiger partial charge < -0.3 is 5.32 Å². The lowest BCUT2D eigenvalue weighted by Gasteiger charge is -2.22. The second-order valence-corrected chi connectivity index (χ2v) is 4.91. The first-order valence-electron chi connectivity index (χ1n) is 6.58. The highest BCUT2D eigenvalue weighted by Gasteiger charge is 2.27. The summed E-state index contributed by atoms with van der Waals surface area (Å²) in [6, 6.07) is 9.25. The normalized spacial score (nSPS) is 16.5. The summed E-state index contributed by atoms with van der Waals surface area (Å²) in [6.07, 6.45) is 9.86. The Morgan fingerprint density at radius 2 is 2.00 bits per heavy atom. The van der Waals surface area contributed by atoms with Crippen molar-refractivity contribution in [3.63, 3.8) is 0 Å². The fourth-order valence-corrected chi connectivity index (χ4v) is 2.74. The molecule has 1 nitrogen and oxygen atoms in total. The van der Waals surface area contributed by atoms with E-state index in [1.807, 2.05) is 0 Å². The van der Waals surface area contributed by atoms with Gasteiger partial charge in [-0.1, -0.05) is 31.2 Å². The molecule has 90 valence electrons. The summed E-state index contributed by atoms with van der Waals surface area (Å²) in [5, 5.41) is 3.60. The van der Waals surface area contributed by atoms with Crippen LogP contribution in [0.3, 0.4) is 0 Å². The van der Waals surface area contributed by atoms with E-state index >= 15 is 0 Å². The maximum Gasteiger partial charge on any atom is 0.0243 e. The molecule has 0 aromatic heterocycles. The van der Waals surface area contributed by atoms with E-state index in [0.717, 1.165) is 13.0 Å². The summed E-state index contributed by atoms with van der Waals surface area (Å²) < 4.78 is 0. The van der Waals surface area contributed by atoms with Crippen molar-refractivity contribution in [1.29, 1.82) is 0 Å². The molecule has 1 aromatic carbocycles. The van der Waals surface area contributed by atoms with Crippen molar-refractivity contribution in [1.82, 2.24) is 5.32 Å². The zero-order valence-corrected chi connectivity index (χ0v) is 10.6. The molecule has 0 aliphatic heterocycles. The standard InChI is InChI=1S/C16H21N/c1-3-7-16(17-10-4-2)15-11-13-8-5-6-9-14(13)12-15/h1,5-6,8-9,15-17H,4,7,10-12H2,2H3. The topological polar surface area (TPSA) is 12.0 Å². The van der Waals surface area contributed by atoms with Gasteiger partial charge in [-0.3, -0.25) is 0 Å². The predicted molar refractivity (Wildman–Crippen MR) is 72.9 cm³/mol. The molecule has 0 saturated carbocycles. The third-order valence-corrected chi connectivity index (χ3v) is 3.65. The number of fused-ring (bicyclic) bond motifs is 1. The zero-order valence-electron chi connectivity index (χ0n) is 10.6. The minimum Gasteiger partial charge on any atom is -0.313 e. The molecule has 2 rings (SSSR count). The van der Waals surface area contributed by atoms with Crippen LogP contribution in [0, 0.1) is 18.3 Å². The lowest BCUT2D eigenvalue weighted by molar-refractivity contribution is 0.370. The van der Waals surface area contributed by atoms with Crippen molar-refractivity contribution in [3.8, 4) is 12.3 Å². The highest BCUT2D eigenvalue weighted by Crippen LogP contribution is 2.29. The lowest BCUT2D eigenvalue weighted by atomic mass is 9.94. The van der Waals surface area contributed by atoms with Crippen molar-refractivity contribution >= 4 is 0 Å². The Labute approximate surface area is 105 Å². The van der Waals surface area contributed by atoms with Gasteiger partial charge in [0.15, 0.2) is 0 Å². The first-order chi connectivity index (χ1) is 8.35. The molecule has 0 bridgehead atoms. The number of terminal acetylenes is 1. The molecule has 1 aromatic rings.